The van der Waals surface area contributed by atoms with Crippen LogP contribution in [0.15, 0.2) is 30.3 Å². The maximum atomic E-state index is 4.80. The van der Waals surface area contributed by atoms with Crippen LogP contribution in [0.5, 0.6) is 0 Å². The van der Waals surface area contributed by atoms with Crippen LogP contribution >= 0.6 is 24.8 Å². The fraction of sp³-hybridized carbons (Fsp3) is 0.550. The fourth-order valence-corrected chi connectivity index (χ4v) is 4.98. The molecule has 6 heteroatoms. The van der Waals surface area contributed by atoms with Crippen LogP contribution in [-0.2, 0) is 31.5 Å². The second kappa shape index (κ2) is 7.89. The normalized spacial score (nSPS) is 20.8. The van der Waals surface area contributed by atoms with Crippen LogP contribution in [0.25, 0.3) is 0 Å². The molecule has 0 atom stereocenters. The van der Waals surface area contributed by atoms with E-state index in [4.69, 9.17) is 5.10 Å². The zero-order valence-corrected chi connectivity index (χ0v) is 16.7. The van der Waals surface area contributed by atoms with Crippen molar-refractivity contribution in [1.29, 1.82) is 0 Å². The number of benzene rings is 1. The van der Waals surface area contributed by atoms with E-state index in [9.17, 15) is 0 Å². The molecule has 2 aliphatic heterocycles. The van der Waals surface area contributed by atoms with Gasteiger partial charge in [-0.1, -0.05) is 24.3 Å². The number of fused-ring (bicyclic) bond motifs is 3. The molecule has 2 aromatic rings. The fourth-order valence-electron chi connectivity index (χ4n) is 4.98. The van der Waals surface area contributed by atoms with Crippen LogP contribution in [0.1, 0.15) is 41.8 Å². The molecular formula is C20H28Cl2N4. The summed E-state index contributed by atoms with van der Waals surface area (Å²) in [5.41, 5.74) is 6.30. The number of hydrogen-bond donors (Lipinski definition) is 1. The molecule has 3 aliphatic rings. The summed E-state index contributed by atoms with van der Waals surface area (Å²) in [4.78, 5) is 2.61. The standard InChI is InChI=1S/C20H26N4.2ClH/c1-2-4-19-16(3-1)5-6-20(19)7-10-23(11-8-20)15-17-13-18-14-21-9-12-24(18)22-17;;/h1-4,13,21H,5-12,14-15H2;2*1H. The molecule has 0 bridgehead atoms. The summed E-state index contributed by atoms with van der Waals surface area (Å²) in [5, 5.41) is 8.23. The van der Waals surface area contributed by atoms with Crippen molar-refractivity contribution in [3.63, 3.8) is 0 Å². The summed E-state index contributed by atoms with van der Waals surface area (Å²) in [6.07, 6.45) is 5.24. The topological polar surface area (TPSA) is 33.1 Å². The van der Waals surface area contributed by atoms with Crippen LogP contribution in [0, 0.1) is 0 Å². The van der Waals surface area contributed by atoms with E-state index < -0.39 is 0 Å². The number of likely N-dealkylation sites (tertiary alicyclic amines) is 1. The molecular weight excluding hydrogens is 367 g/mol. The molecule has 0 radical (unpaired) electrons. The van der Waals surface area contributed by atoms with Crippen molar-refractivity contribution in [2.75, 3.05) is 19.6 Å². The lowest BCUT2D eigenvalue weighted by atomic mass is 9.74. The van der Waals surface area contributed by atoms with E-state index in [1.807, 2.05) is 0 Å². The maximum Gasteiger partial charge on any atom is 0.0768 e. The molecule has 0 amide bonds. The number of nitrogens with zero attached hydrogens (tertiary/aromatic N) is 3. The molecule has 1 saturated heterocycles. The Labute approximate surface area is 168 Å². The van der Waals surface area contributed by atoms with Gasteiger partial charge in [-0.2, -0.15) is 5.10 Å². The third kappa shape index (κ3) is 3.40. The second-order valence-corrected chi connectivity index (χ2v) is 7.74. The summed E-state index contributed by atoms with van der Waals surface area (Å²) >= 11 is 0. The van der Waals surface area contributed by atoms with Gasteiger partial charge in [-0.3, -0.25) is 9.58 Å². The van der Waals surface area contributed by atoms with Gasteiger partial charge in [0.2, 0.25) is 0 Å². The Morgan fingerprint density at radius 3 is 2.65 bits per heavy atom. The highest BCUT2D eigenvalue weighted by atomic mass is 35.5. The van der Waals surface area contributed by atoms with Crippen molar-refractivity contribution in [3.05, 3.63) is 52.8 Å². The van der Waals surface area contributed by atoms with Crippen LogP contribution in [0.4, 0.5) is 0 Å². The minimum absolute atomic E-state index is 0. The van der Waals surface area contributed by atoms with E-state index in [1.165, 1.54) is 50.2 Å². The third-order valence-corrected chi connectivity index (χ3v) is 6.38. The predicted octanol–water partition coefficient (Wildman–Crippen LogP) is 3.31. The summed E-state index contributed by atoms with van der Waals surface area (Å²) in [7, 11) is 0. The van der Waals surface area contributed by atoms with E-state index in [0.29, 0.717) is 5.41 Å². The van der Waals surface area contributed by atoms with Gasteiger partial charge in [-0.05, 0) is 61.4 Å². The Morgan fingerprint density at radius 2 is 1.85 bits per heavy atom. The minimum Gasteiger partial charge on any atom is -0.309 e. The van der Waals surface area contributed by atoms with E-state index in [1.54, 1.807) is 11.1 Å². The molecule has 142 valence electrons. The summed E-state index contributed by atoms with van der Waals surface area (Å²) in [5.74, 6) is 0. The predicted molar refractivity (Wildman–Crippen MR) is 109 cm³/mol. The van der Waals surface area contributed by atoms with Crippen molar-refractivity contribution in [1.82, 2.24) is 20.0 Å². The van der Waals surface area contributed by atoms with Gasteiger partial charge in [0.15, 0.2) is 0 Å². The van der Waals surface area contributed by atoms with Crippen molar-refractivity contribution in [2.45, 2.75) is 50.7 Å². The van der Waals surface area contributed by atoms with Crippen LogP contribution in [0.2, 0.25) is 0 Å². The van der Waals surface area contributed by atoms with E-state index in [-0.39, 0.29) is 24.8 Å². The molecule has 1 aromatic heterocycles. The lowest BCUT2D eigenvalue weighted by Crippen LogP contribution is -2.41. The van der Waals surface area contributed by atoms with Gasteiger partial charge in [-0.25, -0.2) is 0 Å². The van der Waals surface area contributed by atoms with Crippen LogP contribution in [-0.4, -0.2) is 34.3 Å². The van der Waals surface area contributed by atoms with Crippen molar-refractivity contribution >= 4 is 24.8 Å². The molecule has 1 fully saturated rings. The highest BCUT2D eigenvalue weighted by Gasteiger charge is 2.40. The lowest BCUT2D eigenvalue weighted by molar-refractivity contribution is 0.150. The van der Waals surface area contributed by atoms with Crippen LogP contribution in [0.3, 0.4) is 0 Å². The second-order valence-electron chi connectivity index (χ2n) is 7.74. The Balaban J connectivity index is 0.000000980. The molecule has 1 aliphatic carbocycles. The number of halogens is 2. The number of aromatic nitrogens is 2. The van der Waals surface area contributed by atoms with Crippen molar-refractivity contribution in [2.24, 2.45) is 0 Å². The Kier molecular flexibility index (Phi) is 5.97. The molecule has 1 spiro atoms. The Hall–Kier alpha value is -1.07. The summed E-state index contributed by atoms with van der Waals surface area (Å²) in [6.45, 7) is 6.43. The van der Waals surface area contributed by atoms with Gasteiger partial charge < -0.3 is 5.32 Å². The first-order valence-corrected chi connectivity index (χ1v) is 9.40. The zero-order valence-electron chi connectivity index (χ0n) is 15.1. The highest BCUT2D eigenvalue weighted by molar-refractivity contribution is 5.85. The smallest absolute Gasteiger partial charge is 0.0768 e. The number of piperidine rings is 1. The Bertz CT molecular complexity index is 727. The molecule has 0 saturated carbocycles. The van der Waals surface area contributed by atoms with Gasteiger partial charge in [0, 0.05) is 19.6 Å². The largest absolute Gasteiger partial charge is 0.309 e. The van der Waals surface area contributed by atoms with Crippen molar-refractivity contribution < 1.29 is 0 Å². The number of hydrogen-bond acceptors (Lipinski definition) is 3. The number of rotatable bonds is 2. The van der Waals surface area contributed by atoms with Gasteiger partial charge in [-0.15, -0.1) is 24.8 Å². The molecule has 5 rings (SSSR count). The monoisotopic (exact) mass is 394 g/mol. The first-order chi connectivity index (χ1) is 11.8. The molecule has 1 aromatic carbocycles. The molecule has 4 nitrogen and oxygen atoms in total. The molecule has 1 N–H and O–H groups in total. The summed E-state index contributed by atoms with van der Waals surface area (Å²) < 4.78 is 2.19. The third-order valence-electron chi connectivity index (χ3n) is 6.38. The van der Waals surface area contributed by atoms with Gasteiger partial charge >= 0.3 is 0 Å². The quantitative estimate of drug-likeness (QED) is 0.847. The Morgan fingerprint density at radius 1 is 1.04 bits per heavy atom. The molecule has 26 heavy (non-hydrogen) atoms. The van der Waals surface area contributed by atoms with E-state index >= 15 is 0 Å². The van der Waals surface area contributed by atoms with Gasteiger partial charge in [0.05, 0.1) is 17.9 Å². The van der Waals surface area contributed by atoms with E-state index in [2.05, 4.69) is 45.2 Å². The molecule has 0 unspecified atom stereocenters. The SMILES string of the molecule is Cl.Cl.c1ccc2c(c1)CCC21CCN(Cc2cc3n(n2)CCNC3)CC1. The van der Waals surface area contributed by atoms with E-state index in [0.717, 1.165) is 26.2 Å². The molecule has 3 heterocycles. The minimum atomic E-state index is 0. The maximum absolute atomic E-state index is 4.80. The summed E-state index contributed by atoms with van der Waals surface area (Å²) in [6, 6.07) is 11.4. The number of nitrogens with one attached hydrogen (secondary N) is 1. The zero-order chi connectivity index (χ0) is 16.0. The van der Waals surface area contributed by atoms with Crippen molar-refractivity contribution in [3.8, 4) is 0 Å². The average molecular weight is 395 g/mol. The van der Waals surface area contributed by atoms with Gasteiger partial charge in [0.25, 0.3) is 0 Å². The average Bonchev–Trinajstić information content (AvgIpc) is 3.19. The number of aryl methyl sites for hydroxylation is 1. The first kappa shape index (κ1) is 19.7. The van der Waals surface area contributed by atoms with Crippen LogP contribution < -0.4 is 5.32 Å². The highest BCUT2D eigenvalue weighted by Crippen LogP contribution is 2.46. The first-order valence-electron chi connectivity index (χ1n) is 9.40. The van der Waals surface area contributed by atoms with Gasteiger partial charge in [0.1, 0.15) is 0 Å². The lowest BCUT2D eigenvalue weighted by Gasteiger charge is -2.40.